The second-order valence-electron chi connectivity index (χ2n) is 6.15. The van der Waals surface area contributed by atoms with E-state index >= 15 is 0 Å². The summed E-state index contributed by atoms with van der Waals surface area (Å²) in [6, 6.07) is 5.01. The molecule has 1 aliphatic rings. The molecule has 0 amide bonds. The Labute approximate surface area is 125 Å². The van der Waals surface area contributed by atoms with Crippen molar-refractivity contribution >= 4 is 24.0 Å². The van der Waals surface area contributed by atoms with Gasteiger partial charge in [-0.05, 0) is 46.1 Å². The summed E-state index contributed by atoms with van der Waals surface area (Å²) in [6.07, 6.45) is 0. The van der Waals surface area contributed by atoms with Crippen molar-refractivity contribution in [2.75, 3.05) is 11.9 Å². The van der Waals surface area contributed by atoms with Crippen LogP contribution < -0.4 is 10.8 Å². The van der Waals surface area contributed by atoms with Gasteiger partial charge in [-0.2, -0.15) is 0 Å². The molecule has 1 aromatic carbocycles. The quantitative estimate of drug-likeness (QED) is 0.524. The van der Waals surface area contributed by atoms with Gasteiger partial charge in [-0.1, -0.05) is 6.07 Å². The summed E-state index contributed by atoms with van der Waals surface area (Å²) in [5.74, 6) is 0. The second kappa shape index (κ2) is 5.31. The summed E-state index contributed by atoms with van der Waals surface area (Å²) in [7, 11) is -0.593. The van der Waals surface area contributed by atoms with E-state index < -0.39 is 23.2 Å². The van der Waals surface area contributed by atoms with Crippen LogP contribution in [0.25, 0.3) is 0 Å². The van der Waals surface area contributed by atoms with Gasteiger partial charge in [0.15, 0.2) is 0 Å². The summed E-state index contributed by atoms with van der Waals surface area (Å²) in [5.41, 5.74) is 0.258. The van der Waals surface area contributed by atoms with E-state index in [1.165, 1.54) is 6.07 Å². The van der Waals surface area contributed by atoms with Crippen LogP contribution in [0.1, 0.15) is 34.6 Å². The lowest BCUT2D eigenvalue weighted by molar-refractivity contribution is -0.383. The molecule has 6 nitrogen and oxygen atoms in total. The maximum Gasteiger partial charge on any atom is 0.495 e. The van der Waals surface area contributed by atoms with E-state index in [1.54, 1.807) is 12.1 Å². The fourth-order valence-electron chi connectivity index (χ4n) is 2.17. The molecule has 0 spiro atoms. The van der Waals surface area contributed by atoms with Crippen molar-refractivity contribution in [1.29, 1.82) is 0 Å². The molecule has 2 rings (SSSR count). The Balaban J connectivity index is 2.34. The normalized spacial score (nSPS) is 19.6. The highest BCUT2D eigenvalue weighted by Crippen LogP contribution is 2.37. The van der Waals surface area contributed by atoms with E-state index in [9.17, 15) is 10.1 Å². The molecule has 1 N–H and O–H groups in total. The monoisotopic (exact) mass is 292 g/mol. The molecule has 1 heterocycles. The molecule has 0 atom stereocenters. The zero-order valence-electron chi connectivity index (χ0n) is 13.1. The second-order valence-corrected chi connectivity index (χ2v) is 6.15. The van der Waals surface area contributed by atoms with E-state index in [0.29, 0.717) is 17.7 Å². The lowest BCUT2D eigenvalue weighted by atomic mass is 9.79. The third kappa shape index (κ3) is 2.89. The Morgan fingerprint density at radius 3 is 2.29 bits per heavy atom. The highest BCUT2D eigenvalue weighted by atomic mass is 16.7. The van der Waals surface area contributed by atoms with Crippen molar-refractivity contribution in [2.24, 2.45) is 0 Å². The minimum Gasteiger partial charge on any atom is -0.399 e. The number of nitrogens with zero attached hydrogens (tertiary/aromatic N) is 1. The predicted molar refractivity (Wildman–Crippen MR) is 83.0 cm³/mol. The largest absolute Gasteiger partial charge is 0.495 e. The maximum absolute atomic E-state index is 11.2. The summed E-state index contributed by atoms with van der Waals surface area (Å²) in [4.78, 5) is 10.8. The number of nitro benzene ring substituents is 1. The van der Waals surface area contributed by atoms with Crippen molar-refractivity contribution in [3.8, 4) is 0 Å². The van der Waals surface area contributed by atoms with E-state index in [0.717, 1.165) is 0 Å². The molecule has 0 bridgehead atoms. The fourth-order valence-corrected chi connectivity index (χ4v) is 2.17. The number of hydrogen-bond acceptors (Lipinski definition) is 5. The number of benzene rings is 1. The van der Waals surface area contributed by atoms with Gasteiger partial charge < -0.3 is 14.6 Å². The van der Waals surface area contributed by atoms with Gasteiger partial charge in [-0.15, -0.1) is 0 Å². The van der Waals surface area contributed by atoms with E-state index in [-0.39, 0.29) is 5.69 Å². The molecular formula is C14H21BN2O4. The fraction of sp³-hybridized carbons (Fsp3) is 0.571. The Hall–Kier alpha value is -1.60. The predicted octanol–water partition coefficient (Wildman–Crippen LogP) is 2.33. The molecule has 114 valence electrons. The third-order valence-electron chi connectivity index (χ3n) is 4.11. The van der Waals surface area contributed by atoms with Gasteiger partial charge in [-0.25, -0.2) is 0 Å². The van der Waals surface area contributed by atoms with Crippen LogP contribution in [0, 0.1) is 10.1 Å². The van der Waals surface area contributed by atoms with Crippen LogP contribution in [-0.4, -0.2) is 29.8 Å². The first-order valence-electron chi connectivity index (χ1n) is 7.06. The number of nitro groups is 1. The molecule has 0 aliphatic carbocycles. The molecule has 1 aromatic rings. The van der Waals surface area contributed by atoms with Crippen molar-refractivity contribution in [1.82, 2.24) is 0 Å². The Morgan fingerprint density at radius 1 is 1.24 bits per heavy atom. The van der Waals surface area contributed by atoms with Gasteiger partial charge >= 0.3 is 7.12 Å². The van der Waals surface area contributed by atoms with Crippen LogP contribution >= 0.6 is 0 Å². The first kappa shape index (κ1) is 15.8. The highest BCUT2D eigenvalue weighted by Gasteiger charge is 2.51. The summed E-state index contributed by atoms with van der Waals surface area (Å²) in [5, 5.41) is 14.2. The Kier molecular flexibility index (Phi) is 3.99. The van der Waals surface area contributed by atoms with Gasteiger partial charge in [0.05, 0.1) is 16.1 Å². The minimum atomic E-state index is -0.593. The lowest BCUT2D eigenvalue weighted by Gasteiger charge is -2.32. The van der Waals surface area contributed by atoms with Crippen LogP contribution in [0.4, 0.5) is 11.4 Å². The number of nitrogens with one attached hydrogen (secondary N) is 1. The molecule has 0 saturated carbocycles. The summed E-state index contributed by atoms with van der Waals surface area (Å²) < 4.78 is 11.8. The van der Waals surface area contributed by atoms with Crippen LogP contribution in [0.2, 0.25) is 0 Å². The zero-order chi connectivity index (χ0) is 15.8. The van der Waals surface area contributed by atoms with E-state index in [4.69, 9.17) is 9.31 Å². The van der Waals surface area contributed by atoms with Crippen LogP contribution in [0.15, 0.2) is 18.2 Å². The smallest absolute Gasteiger partial charge is 0.399 e. The topological polar surface area (TPSA) is 73.6 Å². The molecule has 1 aliphatic heterocycles. The van der Waals surface area contributed by atoms with Crippen molar-refractivity contribution in [2.45, 2.75) is 45.8 Å². The van der Waals surface area contributed by atoms with Crippen LogP contribution in [0.5, 0.6) is 0 Å². The van der Waals surface area contributed by atoms with E-state index in [2.05, 4.69) is 5.32 Å². The first-order valence-corrected chi connectivity index (χ1v) is 7.06. The van der Waals surface area contributed by atoms with Gasteiger partial charge in [-0.3, -0.25) is 10.1 Å². The summed E-state index contributed by atoms with van der Waals surface area (Å²) in [6.45, 7) is 10.3. The molecule has 0 aromatic heterocycles. The SMILES string of the molecule is CCNc1ccc(B2OC(C)(C)C(C)(C)O2)cc1[N+](=O)[O-]. The number of anilines is 1. The number of hydrogen-bond donors (Lipinski definition) is 1. The molecule has 1 fully saturated rings. The van der Waals surface area contributed by atoms with Crippen molar-refractivity contribution < 1.29 is 14.2 Å². The van der Waals surface area contributed by atoms with Gasteiger partial charge in [0.25, 0.3) is 5.69 Å². The van der Waals surface area contributed by atoms with Crippen molar-refractivity contribution in [3.05, 3.63) is 28.3 Å². The summed E-state index contributed by atoms with van der Waals surface area (Å²) >= 11 is 0. The van der Waals surface area contributed by atoms with Gasteiger partial charge in [0, 0.05) is 12.6 Å². The Morgan fingerprint density at radius 2 is 1.81 bits per heavy atom. The first-order chi connectivity index (χ1) is 9.68. The Bertz CT molecular complexity index is 544. The van der Waals surface area contributed by atoms with E-state index in [1.807, 2.05) is 34.6 Å². The molecule has 1 saturated heterocycles. The average molecular weight is 292 g/mol. The standard InChI is InChI=1S/C14H21BN2O4/c1-6-16-11-8-7-10(9-12(11)17(18)19)15-20-13(2,3)14(4,5)21-15/h7-9,16H,6H2,1-5H3. The van der Waals surface area contributed by atoms with Gasteiger partial charge in [0.2, 0.25) is 0 Å². The highest BCUT2D eigenvalue weighted by molar-refractivity contribution is 6.62. The van der Waals surface area contributed by atoms with Crippen LogP contribution in [0.3, 0.4) is 0 Å². The van der Waals surface area contributed by atoms with Crippen molar-refractivity contribution in [3.63, 3.8) is 0 Å². The molecule has 21 heavy (non-hydrogen) atoms. The average Bonchev–Trinajstić information content (AvgIpc) is 2.59. The lowest BCUT2D eigenvalue weighted by Crippen LogP contribution is -2.41. The van der Waals surface area contributed by atoms with Crippen LogP contribution in [-0.2, 0) is 9.31 Å². The molecule has 7 heteroatoms. The molecular weight excluding hydrogens is 271 g/mol. The van der Waals surface area contributed by atoms with Gasteiger partial charge in [0.1, 0.15) is 5.69 Å². The molecule has 0 radical (unpaired) electrons. The zero-order valence-corrected chi connectivity index (χ0v) is 13.1. The maximum atomic E-state index is 11.2. The number of rotatable bonds is 4. The molecule has 0 unspecified atom stereocenters. The minimum absolute atomic E-state index is 0.0315. The third-order valence-corrected chi connectivity index (χ3v) is 4.11.